The van der Waals surface area contributed by atoms with Gasteiger partial charge in [-0.3, -0.25) is 14.5 Å². The molecule has 1 aliphatic rings. The maximum atomic E-state index is 13.6. The highest BCUT2D eigenvalue weighted by atomic mass is 16.5. The van der Waals surface area contributed by atoms with Crippen LogP contribution in [0.2, 0.25) is 0 Å². The molecule has 1 unspecified atom stereocenters. The van der Waals surface area contributed by atoms with Crippen LogP contribution in [-0.2, 0) is 0 Å². The summed E-state index contributed by atoms with van der Waals surface area (Å²) in [5, 5.41) is 0.449. The van der Waals surface area contributed by atoms with Gasteiger partial charge in [0, 0.05) is 11.8 Å². The Labute approximate surface area is 191 Å². The molecule has 0 fully saturated rings. The molecule has 2 heterocycles. The van der Waals surface area contributed by atoms with Crippen LogP contribution >= 0.6 is 0 Å². The first-order valence-corrected chi connectivity index (χ1v) is 10.9. The summed E-state index contributed by atoms with van der Waals surface area (Å²) in [6, 6.07) is 21.1. The molecule has 0 spiro atoms. The highest BCUT2D eigenvalue weighted by Crippen LogP contribution is 2.42. The quantitative estimate of drug-likeness (QED) is 0.404. The fraction of sp³-hybridized carbons (Fsp3) is 0.185. The van der Waals surface area contributed by atoms with Crippen molar-refractivity contribution in [3.63, 3.8) is 0 Å². The van der Waals surface area contributed by atoms with Crippen LogP contribution in [-0.4, -0.2) is 19.6 Å². The fourth-order valence-electron chi connectivity index (χ4n) is 4.23. The third kappa shape index (κ3) is 3.53. The molecular weight excluding hydrogens is 418 g/mol. The molecule has 1 aromatic heterocycles. The minimum absolute atomic E-state index is 0.0674. The van der Waals surface area contributed by atoms with E-state index in [9.17, 15) is 9.59 Å². The van der Waals surface area contributed by atoms with E-state index in [-0.39, 0.29) is 17.1 Å². The van der Waals surface area contributed by atoms with Crippen molar-refractivity contribution in [3.8, 4) is 11.5 Å². The van der Waals surface area contributed by atoms with Crippen LogP contribution in [0.3, 0.4) is 0 Å². The molecule has 1 amide bonds. The number of ether oxygens (including phenoxy) is 2. The highest BCUT2D eigenvalue weighted by Gasteiger charge is 2.43. The van der Waals surface area contributed by atoms with Crippen molar-refractivity contribution >= 4 is 22.6 Å². The summed E-state index contributed by atoms with van der Waals surface area (Å²) in [7, 11) is 1.57. The third-order valence-electron chi connectivity index (χ3n) is 5.78. The third-order valence-corrected chi connectivity index (χ3v) is 5.78. The standard InChI is InChI=1S/C27H23NO5/c1-3-15-32-19-13-11-17(12-14-19)24-23-25(29)21-9-4-5-10-22(21)33-26(23)27(30)28(24)18-7-6-8-20(16-18)31-2/h4-14,16,24H,3,15H2,1-2H3. The molecule has 0 N–H and O–H groups in total. The summed E-state index contributed by atoms with van der Waals surface area (Å²) < 4.78 is 17.1. The number of benzene rings is 3. The van der Waals surface area contributed by atoms with E-state index in [0.29, 0.717) is 34.6 Å². The van der Waals surface area contributed by atoms with Gasteiger partial charge in [0.15, 0.2) is 5.43 Å². The zero-order chi connectivity index (χ0) is 22.9. The molecule has 0 saturated heterocycles. The summed E-state index contributed by atoms with van der Waals surface area (Å²) in [5.41, 5.74) is 1.93. The van der Waals surface area contributed by atoms with Gasteiger partial charge in [0.05, 0.1) is 30.7 Å². The van der Waals surface area contributed by atoms with Crippen LogP contribution in [0.4, 0.5) is 5.69 Å². The van der Waals surface area contributed by atoms with Crippen molar-refractivity contribution in [3.05, 3.63) is 99.9 Å². The number of nitrogens with zero attached hydrogens (tertiary/aromatic N) is 1. The Morgan fingerprint density at radius 1 is 0.939 bits per heavy atom. The van der Waals surface area contributed by atoms with Gasteiger partial charge < -0.3 is 13.9 Å². The van der Waals surface area contributed by atoms with E-state index in [2.05, 4.69) is 0 Å². The predicted octanol–water partition coefficient (Wildman–Crippen LogP) is 5.34. The summed E-state index contributed by atoms with van der Waals surface area (Å²) in [4.78, 5) is 28.8. The van der Waals surface area contributed by atoms with Gasteiger partial charge in [0.1, 0.15) is 17.1 Å². The zero-order valence-corrected chi connectivity index (χ0v) is 18.4. The number of carbonyl (C=O) groups is 1. The molecule has 1 aliphatic heterocycles. The zero-order valence-electron chi connectivity index (χ0n) is 18.4. The van der Waals surface area contributed by atoms with Gasteiger partial charge in [-0.2, -0.15) is 0 Å². The Kier molecular flexibility index (Phi) is 5.34. The molecule has 0 aliphatic carbocycles. The van der Waals surface area contributed by atoms with E-state index in [1.54, 1.807) is 42.3 Å². The maximum Gasteiger partial charge on any atom is 0.295 e. The van der Waals surface area contributed by atoms with Gasteiger partial charge in [0.2, 0.25) is 5.76 Å². The molecule has 0 saturated carbocycles. The molecule has 0 bridgehead atoms. The normalized spacial score (nSPS) is 15.0. The summed E-state index contributed by atoms with van der Waals surface area (Å²) in [6.07, 6.45) is 0.907. The topological polar surface area (TPSA) is 69.0 Å². The van der Waals surface area contributed by atoms with Crippen molar-refractivity contribution in [1.29, 1.82) is 0 Å². The second-order valence-electron chi connectivity index (χ2n) is 7.87. The first kappa shape index (κ1) is 20.8. The van der Waals surface area contributed by atoms with Gasteiger partial charge in [-0.05, 0) is 48.4 Å². The smallest absolute Gasteiger partial charge is 0.295 e. The lowest BCUT2D eigenvalue weighted by atomic mass is 9.98. The minimum Gasteiger partial charge on any atom is -0.497 e. The second kappa shape index (κ2) is 8.47. The lowest BCUT2D eigenvalue weighted by Gasteiger charge is -2.25. The Balaban J connectivity index is 1.71. The SMILES string of the molecule is CCCOc1ccc(C2c3c(oc4ccccc4c3=O)C(=O)N2c2cccc(OC)c2)cc1. The largest absolute Gasteiger partial charge is 0.497 e. The summed E-state index contributed by atoms with van der Waals surface area (Å²) in [5.74, 6) is 1.06. The van der Waals surface area contributed by atoms with Crippen LogP contribution in [0.1, 0.15) is 41.1 Å². The lowest BCUT2D eigenvalue weighted by Crippen LogP contribution is -2.29. The van der Waals surface area contributed by atoms with Crippen LogP contribution in [0.25, 0.3) is 11.0 Å². The molecule has 6 nitrogen and oxygen atoms in total. The Hall–Kier alpha value is -4.06. The van der Waals surface area contributed by atoms with E-state index < -0.39 is 6.04 Å². The molecular formula is C27H23NO5. The van der Waals surface area contributed by atoms with Crippen molar-refractivity contribution in [2.24, 2.45) is 0 Å². The second-order valence-corrected chi connectivity index (χ2v) is 7.87. The van der Waals surface area contributed by atoms with E-state index in [1.165, 1.54) is 0 Å². The van der Waals surface area contributed by atoms with Crippen LogP contribution in [0.15, 0.2) is 82.0 Å². The molecule has 5 rings (SSSR count). The predicted molar refractivity (Wildman–Crippen MR) is 126 cm³/mol. The number of methoxy groups -OCH3 is 1. The average molecular weight is 441 g/mol. The van der Waals surface area contributed by atoms with E-state index in [4.69, 9.17) is 13.9 Å². The van der Waals surface area contributed by atoms with Crippen molar-refractivity contribution in [2.45, 2.75) is 19.4 Å². The highest BCUT2D eigenvalue weighted by molar-refractivity contribution is 6.10. The van der Waals surface area contributed by atoms with Crippen LogP contribution < -0.4 is 19.8 Å². The lowest BCUT2D eigenvalue weighted by molar-refractivity contribution is 0.0971. The number of hydrogen-bond donors (Lipinski definition) is 0. The van der Waals surface area contributed by atoms with Gasteiger partial charge in [-0.15, -0.1) is 0 Å². The van der Waals surface area contributed by atoms with Gasteiger partial charge in [-0.1, -0.05) is 37.3 Å². The molecule has 3 aromatic carbocycles. The molecule has 1 atom stereocenters. The first-order chi connectivity index (χ1) is 16.1. The van der Waals surface area contributed by atoms with Crippen molar-refractivity contribution < 1.29 is 18.7 Å². The number of fused-ring (bicyclic) bond motifs is 2. The van der Waals surface area contributed by atoms with Gasteiger partial charge >= 0.3 is 0 Å². The van der Waals surface area contributed by atoms with Crippen LogP contribution in [0.5, 0.6) is 11.5 Å². The molecule has 33 heavy (non-hydrogen) atoms. The van der Waals surface area contributed by atoms with E-state index >= 15 is 0 Å². The minimum atomic E-state index is -0.638. The van der Waals surface area contributed by atoms with Gasteiger partial charge in [-0.25, -0.2) is 0 Å². The molecule has 0 radical (unpaired) electrons. The first-order valence-electron chi connectivity index (χ1n) is 10.9. The number of amides is 1. The monoisotopic (exact) mass is 441 g/mol. The number of rotatable bonds is 6. The van der Waals surface area contributed by atoms with Crippen LogP contribution in [0, 0.1) is 0 Å². The van der Waals surface area contributed by atoms with E-state index in [1.807, 2.05) is 49.4 Å². The average Bonchev–Trinajstić information content (AvgIpc) is 3.15. The Morgan fingerprint density at radius 3 is 2.48 bits per heavy atom. The number of carbonyl (C=O) groups excluding carboxylic acids is 1. The number of anilines is 1. The Bertz CT molecular complexity index is 1390. The molecule has 166 valence electrons. The van der Waals surface area contributed by atoms with Gasteiger partial charge in [0.25, 0.3) is 5.91 Å². The molecule has 4 aromatic rings. The van der Waals surface area contributed by atoms with Crippen molar-refractivity contribution in [1.82, 2.24) is 0 Å². The Morgan fingerprint density at radius 2 is 1.73 bits per heavy atom. The number of hydrogen-bond acceptors (Lipinski definition) is 5. The summed E-state index contributed by atoms with van der Waals surface area (Å²) in [6.45, 7) is 2.67. The fourth-order valence-corrected chi connectivity index (χ4v) is 4.23. The van der Waals surface area contributed by atoms with E-state index in [0.717, 1.165) is 17.7 Å². The summed E-state index contributed by atoms with van der Waals surface area (Å²) >= 11 is 0. The van der Waals surface area contributed by atoms with Crippen molar-refractivity contribution in [2.75, 3.05) is 18.6 Å². The number of para-hydroxylation sites is 1. The maximum absolute atomic E-state index is 13.6. The molecule has 6 heteroatoms.